The van der Waals surface area contributed by atoms with Crippen LogP contribution in [0.15, 0.2) is 47.4 Å². The smallest absolute Gasteiger partial charge is 0.263 e. The number of hydrogen-bond acceptors (Lipinski definition) is 4. The zero-order valence-corrected chi connectivity index (χ0v) is 15.8. The predicted molar refractivity (Wildman–Crippen MR) is 101 cm³/mol. The molecule has 0 aliphatic rings. The van der Waals surface area contributed by atoms with Gasteiger partial charge in [0, 0.05) is 21.7 Å². The van der Waals surface area contributed by atoms with Gasteiger partial charge in [0.25, 0.3) is 5.91 Å². The van der Waals surface area contributed by atoms with Crippen LogP contribution in [-0.2, 0) is 16.6 Å². The third-order valence-corrected chi connectivity index (χ3v) is 6.32. The Morgan fingerprint density at radius 2 is 1.80 bits per heavy atom. The number of thiophene rings is 1. The molecule has 3 N–H and O–H groups in total. The maximum absolute atomic E-state index is 12.4. The number of hydrogen-bond donors (Lipinski definition) is 2. The van der Waals surface area contributed by atoms with E-state index in [0.29, 0.717) is 14.9 Å². The van der Waals surface area contributed by atoms with E-state index in [1.54, 1.807) is 30.3 Å². The van der Waals surface area contributed by atoms with Crippen molar-refractivity contribution in [2.45, 2.75) is 11.4 Å². The minimum absolute atomic E-state index is 0.0204. The lowest BCUT2D eigenvalue weighted by Gasteiger charge is -2.05. The van der Waals surface area contributed by atoms with Crippen LogP contribution in [0, 0.1) is 0 Å². The zero-order valence-electron chi connectivity index (χ0n) is 12.6. The summed E-state index contributed by atoms with van der Waals surface area (Å²) in [7, 11) is -3.73. The predicted octanol–water partition coefficient (Wildman–Crippen LogP) is 3.79. The standard InChI is InChI=1S/C16H12Cl2N2O3S2/c17-10-3-6-12-13(7-10)24-15(14(12)18)16(21)20-8-9-1-4-11(5-2-9)25(19,22)23/h1-7H,8H2,(H,20,21)(H2,19,22,23). The number of benzene rings is 2. The Morgan fingerprint density at radius 1 is 1.12 bits per heavy atom. The average Bonchev–Trinajstić information content (AvgIpc) is 2.88. The van der Waals surface area contributed by atoms with Crippen LogP contribution >= 0.6 is 34.5 Å². The maximum atomic E-state index is 12.4. The second kappa shape index (κ2) is 6.93. The molecule has 0 saturated carbocycles. The van der Waals surface area contributed by atoms with Crippen molar-refractivity contribution in [3.63, 3.8) is 0 Å². The molecule has 0 radical (unpaired) electrons. The van der Waals surface area contributed by atoms with Gasteiger partial charge >= 0.3 is 0 Å². The van der Waals surface area contributed by atoms with Crippen LogP contribution in [0.25, 0.3) is 10.1 Å². The summed E-state index contributed by atoms with van der Waals surface area (Å²) in [5.74, 6) is -0.308. The second-order valence-corrected chi connectivity index (χ2v) is 8.69. The van der Waals surface area contributed by atoms with E-state index in [1.807, 2.05) is 0 Å². The first-order valence-corrected chi connectivity index (χ1v) is 10.1. The molecule has 5 nitrogen and oxygen atoms in total. The van der Waals surface area contributed by atoms with Gasteiger partial charge in [-0.2, -0.15) is 0 Å². The van der Waals surface area contributed by atoms with Crippen molar-refractivity contribution in [3.8, 4) is 0 Å². The van der Waals surface area contributed by atoms with Crippen LogP contribution in [0.2, 0.25) is 10.0 Å². The van der Waals surface area contributed by atoms with Gasteiger partial charge in [0.2, 0.25) is 10.0 Å². The summed E-state index contributed by atoms with van der Waals surface area (Å²) in [6.07, 6.45) is 0. The number of fused-ring (bicyclic) bond motifs is 1. The molecule has 0 fully saturated rings. The summed E-state index contributed by atoms with van der Waals surface area (Å²) in [5, 5.41) is 9.55. The molecule has 0 spiro atoms. The van der Waals surface area contributed by atoms with Crippen LogP contribution < -0.4 is 10.5 Å². The molecule has 9 heteroatoms. The first-order chi connectivity index (χ1) is 11.8. The van der Waals surface area contributed by atoms with E-state index in [1.165, 1.54) is 23.5 Å². The molecular weight excluding hydrogens is 403 g/mol. The zero-order chi connectivity index (χ0) is 18.2. The van der Waals surface area contributed by atoms with Crippen LogP contribution in [0.1, 0.15) is 15.2 Å². The van der Waals surface area contributed by atoms with Gasteiger partial charge in [-0.3, -0.25) is 4.79 Å². The molecule has 1 amide bonds. The van der Waals surface area contributed by atoms with Gasteiger partial charge in [-0.25, -0.2) is 13.6 Å². The molecule has 0 unspecified atom stereocenters. The average molecular weight is 415 g/mol. The Bertz CT molecular complexity index is 1060. The van der Waals surface area contributed by atoms with Gasteiger partial charge in [-0.1, -0.05) is 41.4 Å². The lowest BCUT2D eigenvalue weighted by Crippen LogP contribution is -2.22. The molecule has 0 aliphatic heterocycles. The first-order valence-electron chi connectivity index (χ1n) is 7.03. The van der Waals surface area contributed by atoms with Crippen LogP contribution in [-0.4, -0.2) is 14.3 Å². The fourth-order valence-corrected chi connectivity index (χ4v) is 4.47. The van der Waals surface area contributed by atoms with E-state index >= 15 is 0 Å². The van der Waals surface area contributed by atoms with E-state index in [0.717, 1.165) is 15.6 Å². The highest BCUT2D eigenvalue weighted by Gasteiger charge is 2.17. The van der Waals surface area contributed by atoms with Crippen molar-refractivity contribution in [2.75, 3.05) is 0 Å². The minimum atomic E-state index is -3.73. The summed E-state index contributed by atoms with van der Waals surface area (Å²) in [4.78, 5) is 12.8. The quantitative estimate of drug-likeness (QED) is 0.680. The molecule has 2 aromatic carbocycles. The Balaban J connectivity index is 1.76. The summed E-state index contributed by atoms with van der Waals surface area (Å²) < 4.78 is 23.3. The van der Waals surface area contributed by atoms with Crippen molar-refractivity contribution in [3.05, 3.63) is 63.0 Å². The molecule has 25 heavy (non-hydrogen) atoms. The van der Waals surface area contributed by atoms with Crippen molar-refractivity contribution in [2.24, 2.45) is 5.14 Å². The topological polar surface area (TPSA) is 89.3 Å². The number of primary sulfonamides is 1. The van der Waals surface area contributed by atoms with Gasteiger partial charge < -0.3 is 5.32 Å². The number of rotatable bonds is 4. The molecule has 0 aliphatic carbocycles. The van der Waals surface area contributed by atoms with Crippen molar-refractivity contribution < 1.29 is 13.2 Å². The lowest BCUT2D eigenvalue weighted by molar-refractivity contribution is 0.0955. The lowest BCUT2D eigenvalue weighted by atomic mass is 10.2. The molecule has 0 bridgehead atoms. The number of carbonyl (C=O) groups is 1. The Morgan fingerprint density at radius 3 is 2.44 bits per heavy atom. The monoisotopic (exact) mass is 414 g/mol. The molecule has 3 aromatic rings. The molecule has 3 rings (SSSR count). The normalized spacial score (nSPS) is 11.6. The molecule has 130 valence electrons. The highest BCUT2D eigenvalue weighted by Crippen LogP contribution is 2.36. The number of halogens is 2. The number of nitrogens with one attached hydrogen (secondary N) is 1. The number of sulfonamides is 1. The first kappa shape index (κ1) is 18.2. The van der Waals surface area contributed by atoms with Crippen molar-refractivity contribution >= 4 is 60.6 Å². The van der Waals surface area contributed by atoms with Gasteiger partial charge in [0.15, 0.2) is 0 Å². The molecule has 1 heterocycles. The molecular formula is C16H12Cl2N2O3S2. The highest BCUT2D eigenvalue weighted by atomic mass is 35.5. The molecule has 0 saturated heterocycles. The van der Waals surface area contributed by atoms with E-state index in [4.69, 9.17) is 28.3 Å². The van der Waals surface area contributed by atoms with Crippen LogP contribution in [0.4, 0.5) is 0 Å². The summed E-state index contributed by atoms with van der Waals surface area (Å²) >= 11 is 13.5. The Kier molecular flexibility index (Phi) is 5.04. The second-order valence-electron chi connectivity index (χ2n) is 5.26. The Hall–Kier alpha value is -1.64. The van der Waals surface area contributed by atoms with E-state index in [9.17, 15) is 13.2 Å². The fraction of sp³-hybridized carbons (Fsp3) is 0.0625. The maximum Gasteiger partial charge on any atom is 0.263 e. The Labute approximate surface area is 158 Å². The third-order valence-electron chi connectivity index (χ3n) is 3.50. The summed E-state index contributed by atoms with van der Waals surface area (Å²) in [6, 6.07) is 11.2. The SMILES string of the molecule is NS(=O)(=O)c1ccc(CNC(=O)c2sc3cc(Cl)ccc3c2Cl)cc1. The van der Waals surface area contributed by atoms with Gasteiger partial charge in [-0.15, -0.1) is 11.3 Å². The summed E-state index contributed by atoms with van der Waals surface area (Å²) in [5.41, 5.74) is 0.737. The fourth-order valence-electron chi connectivity index (χ4n) is 2.24. The van der Waals surface area contributed by atoms with Gasteiger partial charge in [-0.05, 0) is 29.8 Å². The number of amides is 1. The largest absolute Gasteiger partial charge is 0.347 e. The number of nitrogens with two attached hydrogens (primary N) is 1. The highest BCUT2D eigenvalue weighted by molar-refractivity contribution is 7.89. The van der Waals surface area contributed by atoms with Gasteiger partial charge in [0.05, 0.1) is 9.92 Å². The van der Waals surface area contributed by atoms with Crippen molar-refractivity contribution in [1.29, 1.82) is 0 Å². The van der Waals surface area contributed by atoms with Crippen LogP contribution in [0.3, 0.4) is 0 Å². The van der Waals surface area contributed by atoms with E-state index in [-0.39, 0.29) is 17.3 Å². The van der Waals surface area contributed by atoms with Gasteiger partial charge in [0.1, 0.15) is 4.88 Å². The van der Waals surface area contributed by atoms with E-state index < -0.39 is 10.0 Å². The van der Waals surface area contributed by atoms with Crippen LogP contribution in [0.5, 0.6) is 0 Å². The molecule has 1 aromatic heterocycles. The van der Waals surface area contributed by atoms with Crippen molar-refractivity contribution in [1.82, 2.24) is 5.32 Å². The van der Waals surface area contributed by atoms with E-state index in [2.05, 4.69) is 5.32 Å². The minimum Gasteiger partial charge on any atom is -0.347 e. The number of carbonyl (C=O) groups excluding carboxylic acids is 1. The third kappa shape index (κ3) is 3.96. The summed E-state index contributed by atoms with van der Waals surface area (Å²) in [6.45, 7) is 0.231. The molecule has 0 atom stereocenters.